The van der Waals surface area contributed by atoms with E-state index in [0.29, 0.717) is 10.0 Å². The van der Waals surface area contributed by atoms with E-state index in [1.165, 1.54) is 12.1 Å². The third-order valence-electron chi connectivity index (χ3n) is 1.98. The Morgan fingerprint density at radius 2 is 2.11 bits per heavy atom. The van der Waals surface area contributed by atoms with Crippen LogP contribution >= 0.6 is 23.4 Å². The van der Waals surface area contributed by atoms with Gasteiger partial charge in [-0.2, -0.15) is 0 Å². The van der Waals surface area contributed by atoms with Crippen LogP contribution in [-0.4, -0.2) is 14.9 Å². The third kappa shape index (κ3) is 2.69. The molecule has 0 aliphatic rings. The first kappa shape index (κ1) is 12.6. The number of nitro groups is 1. The number of rotatable bonds is 3. The molecule has 0 bridgehead atoms. The quantitative estimate of drug-likeness (QED) is 0.687. The number of aromatic nitrogens is 2. The Morgan fingerprint density at radius 1 is 1.33 bits per heavy atom. The minimum absolute atomic E-state index is 0.129. The van der Waals surface area contributed by atoms with E-state index in [1.54, 1.807) is 18.3 Å². The topological polar surface area (TPSA) is 94.9 Å². The molecule has 0 saturated carbocycles. The van der Waals surface area contributed by atoms with Crippen LogP contribution in [0.25, 0.3) is 0 Å². The molecule has 0 radical (unpaired) electrons. The second-order valence-corrected chi connectivity index (χ2v) is 4.59. The molecule has 0 unspecified atom stereocenters. The summed E-state index contributed by atoms with van der Waals surface area (Å²) in [5.41, 5.74) is 5.39. The first-order valence-electron chi connectivity index (χ1n) is 4.77. The number of anilines is 1. The first-order valence-corrected chi connectivity index (χ1v) is 5.96. The van der Waals surface area contributed by atoms with Gasteiger partial charge < -0.3 is 5.73 Å². The molecule has 0 spiro atoms. The Balaban J connectivity index is 2.42. The number of halogens is 1. The van der Waals surface area contributed by atoms with E-state index in [-0.39, 0.29) is 16.5 Å². The van der Waals surface area contributed by atoms with Gasteiger partial charge >= 0.3 is 5.69 Å². The number of pyridine rings is 2. The highest BCUT2D eigenvalue weighted by Crippen LogP contribution is 2.35. The Hall–Kier alpha value is -1.86. The van der Waals surface area contributed by atoms with Gasteiger partial charge in [-0.1, -0.05) is 11.6 Å². The normalized spacial score (nSPS) is 10.3. The number of nitrogen functional groups attached to an aromatic ring is 1. The van der Waals surface area contributed by atoms with Gasteiger partial charge in [0.05, 0.1) is 9.95 Å². The van der Waals surface area contributed by atoms with E-state index >= 15 is 0 Å². The average Bonchev–Trinajstić information content (AvgIpc) is 2.32. The standard InChI is InChI=1S/C10H7ClN4O2S/c11-6-2-1-5-13-9(6)18-10-7(15(16)17)3-4-8(12)14-10/h1-5H,(H2,12,14). The fourth-order valence-electron chi connectivity index (χ4n) is 1.20. The van der Waals surface area contributed by atoms with Gasteiger partial charge in [-0.15, -0.1) is 0 Å². The molecule has 0 aliphatic heterocycles. The van der Waals surface area contributed by atoms with Crippen LogP contribution in [0.2, 0.25) is 5.02 Å². The van der Waals surface area contributed by atoms with Crippen LogP contribution in [0.3, 0.4) is 0 Å². The van der Waals surface area contributed by atoms with E-state index < -0.39 is 4.92 Å². The molecule has 18 heavy (non-hydrogen) atoms. The Labute approximate surface area is 111 Å². The minimum atomic E-state index is -0.522. The van der Waals surface area contributed by atoms with Crippen molar-refractivity contribution in [2.75, 3.05) is 5.73 Å². The van der Waals surface area contributed by atoms with Gasteiger partial charge in [-0.25, -0.2) is 9.97 Å². The largest absolute Gasteiger partial charge is 0.384 e. The second kappa shape index (κ2) is 5.19. The van der Waals surface area contributed by atoms with E-state index in [1.807, 2.05) is 0 Å². The van der Waals surface area contributed by atoms with Crippen LogP contribution in [-0.2, 0) is 0 Å². The van der Waals surface area contributed by atoms with Crippen molar-refractivity contribution in [1.29, 1.82) is 0 Å². The van der Waals surface area contributed by atoms with Crippen molar-refractivity contribution in [1.82, 2.24) is 9.97 Å². The average molecular weight is 283 g/mol. The van der Waals surface area contributed by atoms with Crippen LogP contribution in [0, 0.1) is 10.1 Å². The lowest BCUT2D eigenvalue weighted by molar-refractivity contribution is -0.388. The number of hydrogen-bond donors (Lipinski definition) is 1. The highest BCUT2D eigenvalue weighted by Gasteiger charge is 2.18. The molecular formula is C10H7ClN4O2S. The lowest BCUT2D eigenvalue weighted by Gasteiger charge is -2.03. The van der Waals surface area contributed by atoms with E-state index in [2.05, 4.69) is 9.97 Å². The summed E-state index contributed by atoms with van der Waals surface area (Å²) in [5.74, 6) is 0.204. The Morgan fingerprint density at radius 3 is 2.78 bits per heavy atom. The molecule has 0 atom stereocenters. The molecular weight excluding hydrogens is 276 g/mol. The van der Waals surface area contributed by atoms with Crippen LogP contribution in [0.5, 0.6) is 0 Å². The summed E-state index contributed by atoms with van der Waals surface area (Å²) in [7, 11) is 0. The molecule has 0 amide bonds. The van der Waals surface area contributed by atoms with Crippen LogP contribution in [0.1, 0.15) is 0 Å². The molecule has 0 aromatic carbocycles. The van der Waals surface area contributed by atoms with Gasteiger partial charge in [-0.05, 0) is 30.0 Å². The maximum absolute atomic E-state index is 10.9. The van der Waals surface area contributed by atoms with Gasteiger partial charge in [0.15, 0.2) is 5.03 Å². The highest BCUT2D eigenvalue weighted by molar-refractivity contribution is 7.99. The molecule has 2 aromatic rings. The summed E-state index contributed by atoms with van der Waals surface area (Å²) in [6, 6.07) is 6.01. The fourth-order valence-corrected chi connectivity index (χ4v) is 2.30. The zero-order valence-electron chi connectivity index (χ0n) is 8.91. The highest BCUT2D eigenvalue weighted by atomic mass is 35.5. The van der Waals surface area contributed by atoms with Gasteiger partial charge in [0, 0.05) is 12.3 Å². The van der Waals surface area contributed by atoms with E-state index in [4.69, 9.17) is 17.3 Å². The van der Waals surface area contributed by atoms with Crippen molar-refractivity contribution >= 4 is 34.9 Å². The zero-order chi connectivity index (χ0) is 13.1. The summed E-state index contributed by atoms with van der Waals surface area (Å²) in [4.78, 5) is 18.3. The van der Waals surface area contributed by atoms with Crippen molar-refractivity contribution in [3.8, 4) is 0 Å². The zero-order valence-corrected chi connectivity index (χ0v) is 10.5. The maximum atomic E-state index is 10.9. The monoisotopic (exact) mass is 282 g/mol. The van der Waals surface area contributed by atoms with Crippen LogP contribution in [0.15, 0.2) is 40.5 Å². The molecule has 0 saturated heterocycles. The van der Waals surface area contributed by atoms with Crippen molar-refractivity contribution in [2.45, 2.75) is 10.1 Å². The second-order valence-electron chi connectivity index (χ2n) is 3.21. The van der Waals surface area contributed by atoms with E-state index in [9.17, 15) is 10.1 Å². The molecule has 8 heteroatoms. The first-order chi connectivity index (χ1) is 8.58. The minimum Gasteiger partial charge on any atom is -0.384 e. The Kier molecular flexibility index (Phi) is 3.63. The van der Waals surface area contributed by atoms with Crippen molar-refractivity contribution in [3.63, 3.8) is 0 Å². The van der Waals surface area contributed by atoms with Crippen LogP contribution < -0.4 is 5.73 Å². The molecule has 0 aliphatic carbocycles. The van der Waals surface area contributed by atoms with Crippen molar-refractivity contribution in [2.24, 2.45) is 0 Å². The summed E-state index contributed by atoms with van der Waals surface area (Å²) in [6.07, 6.45) is 1.55. The SMILES string of the molecule is Nc1ccc([N+](=O)[O-])c(Sc2ncccc2Cl)n1. The maximum Gasteiger partial charge on any atom is 0.301 e. The number of nitrogens with zero attached hydrogens (tertiary/aromatic N) is 3. The molecule has 2 N–H and O–H groups in total. The van der Waals surface area contributed by atoms with Crippen molar-refractivity contribution in [3.05, 3.63) is 45.6 Å². The lowest BCUT2D eigenvalue weighted by atomic mass is 10.4. The predicted molar refractivity (Wildman–Crippen MR) is 68.7 cm³/mol. The van der Waals surface area contributed by atoms with Gasteiger partial charge in [0.2, 0.25) is 0 Å². The molecule has 92 valence electrons. The molecule has 2 heterocycles. The lowest BCUT2D eigenvalue weighted by Crippen LogP contribution is -1.97. The van der Waals surface area contributed by atoms with Crippen molar-refractivity contribution < 1.29 is 4.92 Å². The van der Waals surface area contributed by atoms with Gasteiger partial charge in [-0.3, -0.25) is 10.1 Å². The van der Waals surface area contributed by atoms with Gasteiger partial charge in [0.25, 0.3) is 0 Å². The summed E-state index contributed by atoms with van der Waals surface area (Å²) >= 11 is 6.94. The van der Waals surface area contributed by atoms with E-state index in [0.717, 1.165) is 11.8 Å². The summed E-state index contributed by atoms with van der Waals surface area (Å²) < 4.78 is 0. The van der Waals surface area contributed by atoms with Gasteiger partial charge in [0.1, 0.15) is 10.8 Å². The molecule has 0 fully saturated rings. The fraction of sp³-hybridized carbons (Fsp3) is 0. The summed E-state index contributed by atoms with van der Waals surface area (Å²) in [6.45, 7) is 0. The predicted octanol–water partition coefficient (Wildman–Crippen LogP) is 2.77. The smallest absolute Gasteiger partial charge is 0.301 e. The van der Waals surface area contributed by atoms with Crippen LogP contribution in [0.4, 0.5) is 11.5 Å². The third-order valence-corrected chi connectivity index (χ3v) is 3.41. The molecule has 6 nitrogen and oxygen atoms in total. The number of hydrogen-bond acceptors (Lipinski definition) is 6. The number of nitrogens with two attached hydrogens (primary N) is 1. The summed E-state index contributed by atoms with van der Waals surface area (Å²) in [5, 5.41) is 11.9. The molecule has 2 rings (SSSR count). The Bertz CT molecular complexity index is 608. The molecule has 2 aromatic heterocycles.